The van der Waals surface area contributed by atoms with Crippen LogP contribution in [0.25, 0.3) is 0 Å². The van der Waals surface area contributed by atoms with Crippen LogP contribution in [0.3, 0.4) is 0 Å². The van der Waals surface area contributed by atoms with E-state index in [-0.39, 0.29) is 0 Å². The van der Waals surface area contributed by atoms with Crippen LogP contribution in [0.1, 0.15) is 45.1 Å². The van der Waals surface area contributed by atoms with Crippen molar-refractivity contribution in [2.45, 2.75) is 47.1 Å². The predicted octanol–water partition coefficient (Wildman–Crippen LogP) is 2.98. The molecule has 1 aliphatic rings. The van der Waals surface area contributed by atoms with Gasteiger partial charge in [-0.2, -0.15) is 0 Å². The van der Waals surface area contributed by atoms with Crippen LogP contribution in [0.15, 0.2) is 6.20 Å². The maximum Gasteiger partial charge on any atom is 0.103 e. The van der Waals surface area contributed by atoms with Crippen molar-refractivity contribution in [3.8, 4) is 0 Å². The van der Waals surface area contributed by atoms with Crippen molar-refractivity contribution in [3.05, 3.63) is 17.7 Å². The van der Waals surface area contributed by atoms with Gasteiger partial charge in [-0.25, -0.2) is 4.98 Å². The maximum absolute atomic E-state index is 4.48. The van der Waals surface area contributed by atoms with Gasteiger partial charge < -0.3 is 4.98 Å². The number of nitrogens with one attached hydrogen (secondary N) is 1. The Morgan fingerprint density at radius 1 is 1.35 bits per heavy atom. The summed E-state index contributed by atoms with van der Waals surface area (Å²) in [5.41, 5.74) is 1.64. The van der Waals surface area contributed by atoms with Crippen LogP contribution in [0.2, 0.25) is 0 Å². The van der Waals surface area contributed by atoms with Crippen LogP contribution in [-0.2, 0) is 6.54 Å². The number of aryl methyl sites for hydroxylation is 1. The molecule has 3 heteroatoms. The third kappa shape index (κ3) is 3.32. The molecular weight excluding hydrogens is 210 g/mol. The first-order valence-corrected chi connectivity index (χ1v) is 6.68. The van der Waals surface area contributed by atoms with Crippen molar-refractivity contribution in [2.75, 3.05) is 13.1 Å². The van der Waals surface area contributed by atoms with E-state index in [1.54, 1.807) is 0 Å². The van der Waals surface area contributed by atoms with Crippen molar-refractivity contribution in [1.82, 2.24) is 14.9 Å². The topological polar surface area (TPSA) is 31.9 Å². The summed E-state index contributed by atoms with van der Waals surface area (Å²) in [5, 5.41) is 0. The molecule has 0 amide bonds. The molecule has 2 rings (SSSR count). The SMILES string of the molecule is Cc1nc(CN2CCC(C(C)(C)C)CC2)c[nH]1. The highest BCUT2D eigenvalue weighted by molar-refractivity contribution is 5.00. The van der Waals surface area contributed by atoms with E-state index in [1.165, 1.54) is 31.6 Å². The molecule has 96 valence electrons. The summed E-state index contributed by atoms with van der Waals surface area (Å²) in [4.78, 5) is 10.2. The highest BCUT2D eigenvalue weighted by Gasteiger charge is 2.28. The number of H-pyrrole nitrogens is 1. The molecule has 1 aromatic heterocycles. The highest BCUT2D eigenvalue weighted by Crippen LogP contribution is 2.34. The van der Waals surface area contributed by atoms with Gasteiger partial charge in [0.15, 0.2) is 0 Å². The van der Waals surface area contributed by atoms with E-state index in [4.69, 9.17) is 0 Å². The minimum atomic E-state index is 0.467. The summed E-state index contributed by atoms with van der Waals surface area (Å²) in [6.07, 6.45) is 4.69. The predicted molar refractivity (Wildman–Crippen MR) is 70.8 cm³/mol. The van der Waals surface area contributed by atoms with Crippen LogP contribution in [0.4, 0.5) is 0 Å². The van der Waals surface area contributed by atoms with Gasteiger partial charge in [0, 0.05) is 12.7 Å². The summed E-state index contributed by atoms with van der Waals surface area (Å²) in [6.45, 7) is 12.5. The molecule has 1 N–H and O–H groups in total. The number of aromatic nitrogens is 2. The molecule has 0 spiro atoms. The molecule has 0 saturated carbocycles. The van der Waals surface area contributed by atoms with Crippen LogP contribution >= 0.6 is 0 Å². The number of likely N-dealkylation sites (tertiary alicyclic amines) is 1. The Labute approximate surface area is 105 Å². The Hall–Kier alpha value is -0.830. The van der Waals surface area contributed by atoms with E-state index in [0.29, 0.717) is 5.41 Å². The molecule has 1 fully saturated rings. The van der Waals surface area contributed by atoms with Crippen molar-refractivity contribution < 1.29 is 0 Å². The number of hydrogen-bond acceptors (Lipinski definition) is 2. The fraction of sp³-hybridized carbons (Fsp3) is 0.786. The standard InChI is InChI=1S/C14H25N3/c1-11-15-9-13(16-11)10-17-7-5-12(6-8-17)14(2,3)4/h9,12H,5-8,10H2,1-4H3,(H,15,16). The van der Waals surface area contributed by atoms with Gasteiger partial charge in [0.05, 0.1) is 5.69 Å². The van der Waals surface area contributed by atoms with E-state index in [9.17, 15) is 0 Å². The zero-order chi connectivity index (χ0) is 12.5. The fourth-order valence-corrected chi connectivity index (χ4v) is 2.73. The van der Waals surface area contributed by atoms with Crippen molar-refractivity contribution >= 4 is 0 Å². The summed E-state index contributed by atoms with van der Waals surface area (Å²) in [6, 6.07) is 0. The van der Waals surface area contributed by atoms with E-state index >= 15 is 0 Å². The zero-order valence-corrected chi connectivity index (χ0v) is 11.6. The molecule has 3 nitrogen and oxygen atoms in total. The first-order valence-electron chi connectivity index (χ1n) is 6.68. The lowest BCUT2D eigenvalue weighted by atomic mass is 9.75. The van der Waals surface area contributed by atoms with Crippen molar-refractivity contribution in [2.24, 2.45) is 11.3 Å². The second kappa shape index (κ2) is 4.81. The summed E-state index contributed by atoms with van der Waals surface area (Å²) in [5.74, 6) is 1.89. The molecule has 2 heterocycles. The van der Waals surface area contributed by atoms with E-state index in [1.807, 2.05) is 13.1 Å². The lowest BCUT2D eigenvalue weighted by Crippen LogP contribution is -2.37. The quantitative estimate of drug-likeness (QED) is 0.854. The fourth-order valence-electron chi connectivity index (χ4n) is 2.73. The van der Waals surface area contributed by atoms with Crippen molar-refractivity contribution in [1.29, 1.82) is 0 Å². The largest absolute Gasteiger partial charge is 0.348 e. The van der Waals surface area contributed by atoms with E-state index < -0.39 is 0 Å². The second-order valence-electron chi connectivity index (χ2n) is 6.39. The lowest BCUT2D eigenvalue weighted by Gasteiger charge is -2.38. The Bertz CT molecular complexity index is 354. The minimum Gasteiger partial charge on any atom is -0.348 e. The summed E-state index contributed by atoms with van der Waals surface area (Å²) in [7, 11) is 0. The molecule has 0 unspecified atom stereocenters. The average molecular weight is 235 g/mol. The molecule has 1 aliphatic heterocycles. The van der Waals surface area contributed by atoms with Crippen LogP contribution in [0, 0.1) is 18.3 Å². The number of rotatable bonds is 2. The molecule has 1 saturated heterocycles. The third-order valence-corrected chi connectivity index (χ3v) is 3.96. The minimum absolute atomic E-state index is 0.467. The first kappa shape index (κ1) is 12.6. The molecule has 0 aliphatic carbocycles. The summed E-state index contributed by atoms with van der Waals surface area (Å²) < 4.78 is 0. The van der Waals surface area contributed by atoms with Gasteiger partial charge in [-0.05, 0) is 44.2 Å². The normalized spacial score (nSPS) is 19.8. The van der Waals surface area contributed by atoms with Gasteiger partial charge in [-0.3, -0.25) is 4.90 Å². The number of piperidine rings is 1. The number of nitrogens with zero attached hydrogens (tertiary/aromatic N) is 2. The van der Waals surface area contributed by atoms with Gasteiger partial charge in [-0.1, -0.05) is 20.8 Å². The maximum atomic E-state index is 4.48. The Balaban J connectivity index is 1.83. The monoisotopic (exact) mass is 235 g/mol. The molecule has 1 aromatic rings. The third-order valence-electron chi connectivity index (χ3n) is 3.96. The number of aromatic amines is 1. The van der Waals surface area contributed by atoms with Crippen LogP contribution in [0.5, 0.6) is 0 Å². The molecule has 0 atom stereocenters. The molecule has 0 bridgehead atoms. The average Bonchev–Trinajstić information content (AvgIpc) is 2.63. The number of hydrogen-bond donors (Lipinski definition) is 1. The van der Waals surface area contributed by atoms with Gasteiger partial charge in [0.2, 0.25) is 0 Å². The highest BCUT2D eigenvalue weighted by atomic mass is 15.1. The van der Waals surface area contributed by atoms with Crippen LogP contribution in [-0.4, -0.2) is 28.0 Å². The second-order valence-corrected chi connectivity index (χ2v) is 6.39. The van der Waals surface area contributed by atoms with E-state index in [2.05, 4.69) is 35.6 Å². The Morgan fingerprint density at radius 3 is 2.47 bits per heavy atom. The van der Waals surface area contributed by atoms with Crippen molar-refractivity contribution in [3.63, 3.8) is 0 Å². The summed E-state index contributed by atoms with van der Waals surface area (Å²) >= 11 is 0. The van der Waals surface area contributed by atoms with Crippen LogP contribution < -0.4 is 0 Å². The van der Waals surface area contributed by atoms with Gasteiger partial charge in [0.25, 0.3) is 0 Å². The number of imidazole rings is 1. The van der Waals surface area contributed by atoms with Gasteiger partial charge >= 0.3 is 0 Å². The first-order chi connectivity index (χ1) is 7.95. The Kier molecular flexibility index (Phi) is 3.57. The molecular formula is C14H25N3. The smallest absolute Gasteiger partial charge is 0.103 e. The molecule has 0 radical (unpaired) electrons. The van der Waals surface area contributed by atoms with Gasteiger partial charge in [-0.15, -0.1) is 0 Å². The molecule has 17 heavy (non-hydrogen) atoms. The van der Waals surface area contributed by atoms with Gasteiger partial charge in [0.1, 0.15) is 5.82 Å². The Morgan fingerprint density at radius 2 is 2.00 bits per heavy atom. The lowest BCUT2D eigenvalue weighted by molar-refractivity contribution is 0.107. The van der Waals surface area contributed by atoms with E-state index in [0.717, 1.165) is 18.3 Å². The zero-order valence-electron chi connectivity index (χ0n) is 11.6. The molecule has 0 aromatic carbocycles.